The Morgan fingerprint density at radius 1 is 1.56 bits per heavy atom. The van der Waals surface area contributed by atoms with E-state index in [2.05, 4.69) is 10.3 Å². The maximum absolute atomic E-state index is 11.6. The number of hydrogen-bond acceptors (Lipinski definition) is 5. The number of carbonyl (C=O) groups excluding carboxylic acids is 1. The quantitative estimate of drug-likeness (QED) is 0.630. The Bertz CT molecular complexity index is 389. The SMILES string of the molecule is CN(CCO)C(=O)c1cn(CC(=O)O)nn1. The molecule has 8 nitrogen and oxygen atoms in total. The minimum Gasteiger partial charge on any atom is -0.480 e. The Balaban J connectivity index is 2.70. The van der Waals surface area contributed by atoms with Gasteiger partial charge in [-0.2, -0.15) is 0 Å². The van der Waals surface area contributed by atoms with Gasteiger partial charge in [-0.25, -0.2) is 4.68 Å². The maximum atomic E-state index is 11.6. The Kier molecular flexibility index (Phi) is 3.95. The van der Waals surface area contributed by atoms with Gasteiger partial charge in [0, 0.05) is 13.6 Å². The molecule has 0 unspecified atom stereocenters. The van der Waals surface area contributed by atoms with E-state index in [4.69, 9.17) is 10.2 Å². The van der Waals surface area contributed by atoms with Crippen LogP contribution in [0.1, 0.15) is 10.5 Å². The predicted molar refractivity (Wildman–Crippen MR) is 51.7 cm³/mol. The molecule has 0 saturated carbocycles. The molecule has 0 radical (unpaired) electrons. The molecule has 0 saturated heterocycles. The maximum Gasteiger partial charge on any atom is 0.325 e. The number of hydrogen-bond donors (Lipinski definition) is 2. The van der Waals surface area contributed by atoms with Crippen molar-refractivity contribution < 1.29 is 19.8 Å². The van der Waals surface area contributed by atoms with Crippen molar-refractivity contribution in [2.24, 2.45) is 0 Å². The van der Waals surface area contributed by atoms with Gasteiger partial charge in [0.05, 0.1) is 12.8 Å². The average molecular weight is 228 g/mol. The number of aliphatic carboxylic acids is 1. The number of nitrogens with zero attached hydrogens (tertiary/aromatic N) is 4. The molecule has 0 fully saturated rings. The van der Waals surface area contributed by atoms with E-state index < -0.39 is 11.9 Å². The second-order valence-electron chi connectivity index (χ2n) is 3.15. The molecule has 0 atom stereocenters. The van der Waals surface area contributed by atoms with Crippen LogP contribution in [0.2, 0.25) is 0 Å². The van der Waals surface area contributed by atoms with Crippen LogP contribution in [0.4, 0.5) is 0 Å². The number of aliphatic hydroxyl groups excluding tert-OH is 1. The topological polar surface area (TPSA) is 109 Å². The standard InChI is InChI=1S/C8H12N4O4/c1-11(2-3-13)8(16)6-4-12(10-9-6)5-7(14)15/h4,13H,2-3,5H2,1H3,(H,14,15). The third kappa shape index (κ3) is 3.02. The average Bonchev–Trinajstić information content (AvgIpc) is 2.64. The van der Waals surface area contributed by atoms with Gasteiger partial charge in [0.2, 0.25) is 0 Å². The summed E-state index contributed by atoms with van der Waals surface area (Å²) in [6, 6.07) is 0. The number of aliphatic hydroxyl groups is 1. The van der Waals surface area contributed by atoms with Crippen molar-refractivity contribution in [2.45, 2.75) is 6.54 Å². The van der Waals surface area contributed by atoms with E-state index >= 15 is 0 Å². The van der Waals surface area contributed by atoms with Crippen LogP contribution >= 0.6 is 0 Å². The van der Waals surface area contributed by atoms with E-state index in [9.17, 15) is 9.59 Å². The van der Waals surface area contributed by atoms with Gasteiger partial charge < -0.3 is 15.1 Å². The molecule has 1 aromatic rings. The Morgan fingerprint density at radius 2 is 2.25 bits per heavy atom. The lowest BCUT2D eigenvalue weighted by Crippen LogP contribution is -2.29. The van der Waals surface area contributed by atoms with Crippen molar-refractivity contribution in [1.82, 2.24) is 19.9 Å². The van der Waals surface area contributed by atoms with Gasteiger partial charge >= 0.3 is 5.97 Å². The highest BCUT2D eigenvalue weighted by atomic mass is 16.4. The summed E-state index contributed by atoms with van der Waals surface area (Å²) in [5, 5.41) is 24.2. The molecule has 88 valence electrons. The summed E-state index contributed by atoms with van der Waals surface area (Å²) < 4.78 is 1.06. The van der Waals surface area contributed by atoms with Crippen molar-refractivity contribution in [3.8, 4) is 0 Å². The van der Waals surface area contributed by atoms with E-state index in [1.54, 1.807) is 0 Å². The summed E-state index contributed by atoms with van der Waals surface area (Å²) in [6.45, 7) is -0.305. The van der Waals surface area contributed by atoms with E-state index in [1.807, 2.05) is 0 Å². The fourth-order valence-electron chi connectivity index (χ4n) is 1.06. The largest absolute Gasteiger partial charge is 0.480 e. The lowest BCUT2D eigenvalue weighted by molar-refractivity contribution is -0.137. The van der Waals surface area contributed by atoms with Crippen molar-refractivity contribution in [2.75, 3.05) is 20.2 Å². The van der Waals surface area contributed by atoms with Crippen molar-refractivity contribution in [1.29, 1.82) is 0 Å². The van der Waals surface area contributed by atoms with Gasteiger partial charge in [0.1, 0.15) is 6.54 Å². The molecule has 1 amide bonds. The van der Waals surface area contributed by atoms with Crippen molar-refractivity contribution >= 4 is 11.9 Å². The number of carbonyl (C=O) groups is 2. The number of rotatable bonds is 5. The van der Waals surface area contributed by atoms with Gasteiger partial charge in [0.15, 0.2) is 5.69 Å². The van der Waals surface area contributed by atoms with Gasteiger partial charge in [0.25, 0.3) is 5.91 Å². The molecule has 1 heterocycles. The van der Waals surface area contributed by atoms with E-state index in [-0.39, 0.29) is 25.4 Å². The highest BCUT2D eigenvalue weighted by molar-refractivity contribution is 5.91. The molecular formula is C8H12N4O4. The number of carboxylic acid groups (broad SMARTS) is 1. The van der Waals surface area contributed by atoms with Crippen LogP contribution in [0, 0.1) is 0 Å². The Morgan fingerprint density at radius 3 is 2.81 bits per heavy atom. The molecule has 0 aromatic carbocycles. The highest BCUT2D eigenvalue weighted by Gasteiger charge is 2.15. The van der Waals surface area contributed by atoms with Crippen molar-refractivity contribution in [3.05, 3.63) is 11.9 Å². The molecule has 0 bridgehead atoms. The van der Waals surface area contributed by atoms with E-state index in [0.717, 1.165) is 4.68 Å². The van der Waals surface area contributed by atoms with Gasteiger partial charge in [-0.05, 0) is 0 Å². The molecular weight excluding hydrogens is 216 g/mol. The van der Waals surface area contributed by atoms with E-state index in [0.29, 0.717) is 0 Å². The molecule has 0 aliphatic rings. The molecule has 16 heavy (non-hydrogen) atoms. The predicted octanol–water partition coefficient (Wildman–Crippen LogP) is -1.57. The summed E-state index contributed by atoms with van der Waals surface area (Å²) >= 11 is 0. The number of amides is 1. The first-order valence-corrected chi connectivity index (χ1v) is 4.53. The monoisotopic (exact) mass is 228 g/mol. The zero-order valence-corrected chi connectivity index (χ0v) is 8.70. The molecule has 0 spiro atoms. The zero-order valence-electron chi connectivity index (χ0n) is 8.70. The Hall–Kier alpha value is -1.96. The molecule has 1 aromatic heterocycles. The summed E-state index contributed by atoms with van der Waals surface area (Å²) in [4.78, 5) is 23.2. The third-order valence-electron chi connectivity index (χ3n) is 1.84. The van der Waals surface area contributed by atoms with E-state index in [1.165, 1.54) is 18.1 Å². The minimum absolute atomic E-state index is 0.0530. The second kappa shape index (κ2) is 5.21. The first-order valence-electron chi connectivity index (χ1n) is 4.53. The normalized spacial score (nSPS) is 10.1. The second-order valence-corrected chi connectivity index (χ2v) is 3.15. The van der Waals surface area contributed by atoms with Crippen LogP contribution < -0.4 is 0 Å². The fraction of sp³-hybridized carbons (Fsp3) is 0.500. The summed E-state index contributed by atoms with van der Waals surface area (Å²) in [7, 11) is 1.51. The van der Waals surface area contributed by atoms with Crippen molar-refractivity contribution in [3.63, 3.8) is 0 Å². The number of likely N-dealkylation sites (N-methyl/N-ethyl adjacent to an activating group) is 1. The van der Waals surface area contributed by atoms with Crippen LogP contribution in [0.3, 0.4) is 0 Å². The van der Waals surface area contributed by atoms with Crippen LogP contribution in [0.5, 0.6) is 0 Å². The zero-order chi connectivity index (χ0) is 12.1. The number of carboxylic acids is 1. The Labute approximate surface area is 91.1 Å². The first-order chi connectivity index (χ1) is 7.54. The van der Waals surface area contributed by atoms with Gasteiger partial charge in [-0.3, -0.25) is 9.59 Å². The fourth-order valence-corrected chi connectivity index (χ4v) is 1.06. The molecule has 2 N–H and O–H groups in total. The molecule has 0 aliphatic carbocycles. The lowest BCUT2D eigenvalue weighted by Gasteiger charge is -2.12. The smallest absolute Gasteiger partial charge is 0.325 e. The first kappa shape index (κ1) is 12.1. The summed E-state index contributed by atoms with van der Waals surface area (Å²) in [6.07, 6.45) is 1.25. The van der Waals surface area contributed by atoms with Crippen LogP contribution in [0.15, 0.2) is 6.20 Å². The minimum atomic E-state index is -1.06. The third-order valence-corrected chi connectivity index (χ3v) is 1.84. The number of aromatic nitrogens is 3. The lowest BCUT2D eigenvalue weighted by atomic mass is 10.4. The molecule has 0 aliphatic heterocycles. The van der Waals surface area contributed by atoms with Gasteiger partial charge in [-0.15, -0.1) is 5.10 Å². The van der Waals surface area contributed by atoms with Crippen LogP contribution in [0.25, 0.3) is 0 Å². The molecule has 8 heteroatoms. The summed E-state index contributed by atoms with van der Waals surface area (Å²) in [5.41, 5.74) is 0.0530. The molecule has 1 rings (SSSR count). The van der Waals surface area contributed by atoms with Gasteiger partial charge in [-0.1, -0.05) is 5.21 Å². The summed E-state index contributed by atoms with van der Waals surface area (Å²) in [5.74, 6) is -1.47. The van der Waals surface area contributed by atoms with Crippen LogP contribution in [-0.2, 0) is 11.3 Å². The van der Waals surface area contributed by atoms with Crippen LogP contribution in [-0.4, -0.2) is 62.2 Å². The highest BCUT2D eigenvalue weighted by Crippen LogP contribution is 1.98.